The number of unbranched alkanes of at least 4 members (excludes halogenated alkanes) is 3. The van der Waals surface area contributed by atoms with Crippen molar-refractivity contribution >= 4 is 5.97 Å². The SMILES string of the molecule is CCCCCCC(=O)OCCOCCO. The van der Waals surface area contributed by atoms with Gasteiger partial charge in [0.15, 0.2) is 0 Å². The van der Waals surface area contributed by atoms with Gasteiger partial charge in [-0.05, 0) is 6.42 Å². The molecule has 0 aromatic carbocycles. The summed E-state index contributed by atoms with van der Waals surface area (Å²) in [6, 6.07) is 0. The Morgan fingerprint density at radius 1 is 1.13 bits per heavy atom. The van der Waals surface area contributed by atoms with Crippen LogP contribution in [0.1, 0.15) is 39.0 Å². The maximum absolute atomic E-state index is 11.1. The van der Waals surface area contributed by atoms with Crippen LogP contribution in [0.5, 0.6) is 0 Å². The smallest absolute Gasteiger partial charge is 0.305 e. The Hall–Kier alpha value is -0.610. The average Bonchev–Trinajstić information content (AvgIpc) is 2.24. The third kappa shape index (κ3) is 11.3. The highest BCUT2D eigenvalue weighted by molar-refractivity contribution is 5.69. The van der Waals surface area contributed by atoms with E-state index >= 15 is 0 Å². The van der Waals surface area contributed by atoms with Crippen molar-refractivity contribution in [3.63, 3.8) is 0 Å². The largest absolute Gasteiger partial charge is 0.463 e. The Labute approximate surface area is 91.6 Å². The minimum atomic E-state index is -0.154. The van der Waals surface area contributed by atoms with Crippen molar-refractivity contribution in [2.75, 3.05) is 26.4 Å². The van der Waals surface area contributed by atoms with Gasteiger partial charge in [-0.2, -0.15) is 0 Å². The number of hydrogen-bond donors (Lipinski definition) is 1. The first-order chi connectivity index (χ1) is 7.31. The van der Waals surface area contributed by atoms with Gasteiger partial charge >= 0.3 is 5.97 Å². The van der Waals surface area contributed by atoms with Crippen molar-refractivity contribution in [1.29, 1.82) is 0 Å². The van der Waals surface area contributed by atoms with Gasteiger partial charge in [-0.1, -0.05) is 26.2 Å². The summed E-state index contributed by atoms with van der Waals surface area (Å²) >= 11 is 0. The molecule has 0 saturated heterocycles. The summed E-state index contributed by atoms with van der Waals surface area (Å²) in [5.41, 5.74) is 0. The van der Waals surface area contributed by atoms with Crippen LogP contribution in [0.3, 0.4) is 0 Å². The van der Waals surface area contributed by atoms with Gasteiger partial charge in [0.25, 0.3) is 0 Å². The van der Waals surface area contributed by atoms with E-state index in [1.165, 1.54) is 12.8 Å². The molecule has 0 amide bonds. The Morgan fingerprint density at radius 2 is 1.93 bits per heavy atom. The van der Waals surface area contributed by atoms with Gasteiger partial charge in [-0.3, -0.25) is 4.79 Å². The molecule has 0 unspecified atom stereocenters. The molecule has 0 atom stereocenters. The van der Waals surface area contributed by atoms with Gasteiger partial charge in [0.1, 0.15) is 6.61 Å². The third-order valence-electron chi connectivity index (χ3n) is 1.96. The normalized spacial score (nSPS) is 10.3. The second kappa shape index (κ2) is 11.5. The number of aliphatic hydroxyl groups is 1. The molecule has 0 aromatic rings. The fourth-order valence-corrected chi connectivity index (χ4v) is 1.15. The Morgan fingerprint density at radius 3 is 2.60 bits per heavy atom. The molecule has 0 radical (unpaired) electrons. The molecule has 0 saturated carbocycles. The van der Waals surface area contributed by atoms with Crippen LogP contribution in [-0.4, -0.2) is 37.5 Å². The first-order valence-corrected chi connectivity index (χ1v) is 5.65. The van der Waals surface area contributed by atoms with Crippen molar-refractivity contribution in [2.45, 2.75) is 39.0 Å². The lowest BCUT2D eigenvalue weighted by Gasteiger charge is -2.04. The number of hydrogen-bond acceptors (Lipinski definition) is 4. The van der Waals surface area contributed by atoms with Gasteiger partial charge < -0.3 is 14.6 Å². The zero-order valence-electron chi connectivity index (χ0n) is 9.54. The highest BCUT2D eigenvalue weighted by Crippen LogP contribution is 2.03. The first-order valence-electron chi connectivity index (χ1n) is 5.65. The summed E-state index contributed by atoms with van der Waals surface area (Å²) in [6.07, 6.45) is 4.84. The average molecular weight is 218 g/mol. The molecule has 0 bridgehead atoms. The molecule has 0 spiro atoms. The van der Waals surface area contributed by atoms with E-state index < -0.39 is 0 Å². The molecule has 0 aliphatic rings. The lowest BCUT2D eigenvalue weighted by atomic mass is 10.2. The van der Waals surface area contributed by atoms with Crippen molar-refractivity contribution in [3.8, 4) is 0 Å². The third-order valence-corrected chi connectivity index (χ3v) is 1.96. The van der Waals surface area contributed by atoms with Crippen LogP contribution in [0.15, 0.2) is 0 Å². The summed E-state index contributed by atoms with van der Waals surface area (Å²) < 4.78 is 9.87. The van der Waals surface area contributed by atoms with Crippen LogP contribution in [-0.2, 0) is 14.3 Å². The second-order valence-electron chi connectivity index (χ2n) is 3.37. The van der Waals surface area contributed by atoms with E-state index in [4.69, 9.17) is 14.6 Å². The number of esters is 1. The fourth-order valence-electron chi connectivity index (χ4n) is 1.15. The lowest BCUT2D eigenvalue weighted by Crippen LogP contribution is -2.11. The van der Waals surface area contributed by atoms with E-state index in [0.717, 1.165) is 12.8 Å². The summed E-state index contributed by atoms with van der Waals surface area (Å²) in [6.45, 7) is 3.09. The quantitative estimate of drug-likeness (QED) is 0.446. The van der Waals surface area contributed by atoms with E-state index in [9.17, 15) is 4.79 Å². The van der Waals surface area contributed by atoms with Gasteiger partial charge in [0, 0.05) is 6.42 Å². The van der Waals surface area contributed by atoms with E-state index in [2.05, 4.69) is 6.92 Å². The maximum Gasteiger partial charge on any atom is 0.305 e. The highest BCUT2D eigenvalue weighted by Gasteiger charge is 2.01. The molecule has 15 heavy (non-hydrogen) atoms. The summed E-state index contributed by atoms with van der Waals surface area (Å²) in [5.74, 6) is -0.154. The topological polar surface area (TPSA) is 55.8 Å². The molecule has 0 rings (SSSR count). The fraction of sp³-hybridized carbons (Fsp3) is 0.909. The van der Waals surface area contributed by atoms with Gasteiger partial charge in [-0.25, -0.2) is 0 Å². The number of aliphatic hydroxyl groups excluding tert-OH is 1. The molecule has 0 aliphatic heterocycles. The van der Waals surface area contributed by atoms with Crippen LogP contribution < -0.4 is 0 Å². The molecule has 0 aromatic heterocycles. The minimum Gasteiger partial charge on any atom is -0.463 e. The Kier molecular flexibility index (Phi) is 11.0. The van der Waals surface area contributed by atoms with Gasteiger partial charge in [-0.15, -0.1) is 0 Å². The number of carbonyl (C=O) groups excluding carboxylic acids is 1. The van der Waals surface area contributed by atoms with Crippen molar-refractivity contribution < 1.29 is 19.4 Å². The summed E-state index contributed by atoms with van der Waals surface area (Å²) in [4.78, 5) is 11.1. The maximum atomic E-state index is 11.1. The minimum absolute atomic E-state index is 0.00492. The Bertz CT molecular complexity index is 148. The number of ether oxygens (including phenoxy) is 2. The van der Waals surface area contributed by atoms with Crippen molar-refractivity contribution in [3.05, 3.63) is 0 Å². The van der Waals surface area contributed by atoms with E-state index in [0.29, 0.717) is 19.6 Å². The lowest BCUT2D eigenvalue weighted by molar-refractivity contribution is -0.145. The molecule has 1 N–H and O–H groups in total. The number of rotatable bonds is 10. The van der Waals surface area contributed by atoms with Gasteiger partial charge in [0.2, 0.25) is 0 Å². The summed E-state index contributed by atoms with van der Waals surface area (Å²) in [5, 5.41) is 8.41. The molecule has 0 fully saturated rings. The zero-order valence-corrected chi connectivity index (χ0v) is 9.54. The van der Waals surface area contributed by atoms with Crippen LogP contribution in [0.4, 0.5) is 0 Å². The van der Waals surface area contributed by atoms with Crippen LogP contribution in [0, 0.1) is 0 Å². The predicted molar refractivity (Wildman–Crippen MR) is 57.6 cm³/mol. The zero-order chi connectivity index (χ0) is 11.4. The second-order valence-corrected chi connectivity index (χ2v) is 3.37. The molecule has 4 heteroatoms. The van der Waals surface area contributed by atoms with E-state index in [1.807, 2.05) is 0 Å². The van der Waals surface area contributed by atoms with Crippen LogP contribution in [0.2, 0.25) is 0 Å². The predicted octanol–water partition coefficient (Wildman–Crippen LogP) is 1.51. The van der Waals surface area contributed by atoms with Crippen molar-refractivity contribution in [2.24, 2.45) is 0 Å². The molecule has 0 heterocycles. The van der Waals surface area contributed by atoms with E-state index in [1.54, 1.807) is 0 Å². The van der Waals surface area contributed by atoms with Crippen molar-refractivity contribution in [1.82, 2.24) is 0 Å². The first kappa shape index (κ1) is 14.4. The standard InChI is InChI=1S/C11H22O4/c1-2-3-4-5-6-11(13)15-10-9-14-8-7-12/h12H,2-10H2,1H3. The molecular weight excluding hydrogens is 196 g/mol. The van der Waals surface area contributed by atoms with Crippen LogP contribution in [0.25, 0.3) is 0 Å². The Balaban J connectivity index is 3.11. The summed E-state index contributed by atoms with van der Waals surface area (Å²) in [7, 11) is 0. The monoisotopic (exact) mass is 218 g/mol. The number of carbonyl (C=O) groups is 1. The molecule has 0 aliphatic carbocycles. The van der Waals surface area contributed by atoms with E-state index in [-0.39, 0.29) is 19.2 Å². The molecule has 90 valence electrons. The van der Waals surface area contributed by atoms with Crippen LogP contribution >= 0.6 is 0 Å². The highest BCUT2D eigenvalue weighted by atomic mass is 16.6. The van der Waals surface area contributed by atoms with Gasteiger partial charge in [0.05, 0.1) is 19.8 Å². The molecular formula is C11H22O4. The molecule has 4 nitrogen and oxygen atoms in total.